The number of imidazole rings is 1. The molecule has 0 fully saturated rings. The highest BCUT2D eigenvalue weighted by Gasteiger charge is 2.33. The lowest BCUT2D eigenvalue weighted by Gasteiger charge is -2.08. The highest BCUT2D eigenvalue weighted by Crippen LogP contribution is 2.35. The second-order valence-electron chi connectivity index (χ2n) is 4.85. The summed E-state index contributed by atoms with van der Waals surface area (Å²) >= 11 is 0. The Morgan fingerprint density at radius 3 is 2.43 bits per heavy atom. The van der Waals surface area contributed by atoms with E-state index in [-0.39, 0.29) is 5.65 Å². The number of ether oxygens (including phenoxy) is 2. The predicted octanol–water partition coefficient (Wildman–Crippen LogP) is 4.04. The van der Waals surface area contributed by atoms with Crippen molar-refractivity contribution < 1.29 is 22.6 Å². The number of rotatable bonds is 3. The lowest BCUT2D eigenvalue weighted by atomic mass is 10.1. The Kier molecular flexibility index (Phi) is 3.63. The van der Waals surface area contributed by atoms with Crippen LogP contribution in [0.2, 0.25) is 0 Å². The Hall–Kier alpha value is -2.70. The third-order valence-electron chi connectivity index (χ3n) is 3.47. The lowest BCUT2D eigenvalue weighted by Crippen LogP contribution is -2.07. The molecule has 0 atom stereocenters. The van der Waals surface area contributed by atoms with E-state index in [4.69, 9.17) is 9.47 Å². The fourth-order valence-corrected chi connectivity index (χ4v) is 2.37. The molecule has 1 aromatic carbocycles. The van der Waals surface area contributed by atoms with Gasteiger partial charge in [-0.2, -0.15) is 13.2 Å². The van der Waals surface area contributed by atoms with Crippen LogP contribution in [0.1, 0.15) is 5.56 Å². The zero-order valence-corrected chi connectivity index (χ0v) is 12.4. The minimum atomic E-state index is -4.46. The molecule has 0 saturated carbocycles. The quantitative estimate of drug-likeness (QED) is 0.730. The Morgan fingerprint density at radius 2 is 1.78 bits per heavy atom. The van der Waals surface area contributed by atoms with Crippen LogP contribution in [-0.2, 0) is 6.18 Å². The summed E-state index contributed by atoms with van der Waals surface area (Å²) in [4.78, 5) is 4.13. The van der Waals surface area contributed by atoms with E-state index >= 15 is 0 Å². The van der Waals surface area contributed by atoms with Gasteiger partial charge < -0.3 is 13.9 Å². The van der Waals surface area contributed by atoms with Gasteiger partial charge in [0.15, 0.2) is 11.5 Å². The number of hydrogen-bond donors (Lipinski definition) is 0. The number of methoxy groups -OCH3 is 2. The standard InChI is InChI=1S/C16H13F3N2O2/c1-22-13-6-5-10(8-14(13)23-2)12-9-21-7-3-4-11(15(21)20-12)16(17,18)19/h3-9H,1-2H3. The van der Waals surface area contributed by atoms with Crippen molar-refractivity contribution in [3.8, 4) is 22.8 Å². The summed E-state index contributed by atoms with van der Waals surface area (Å²) in [6.45, 7) is 0. The summed E-state index contributed by atoms with van der Waals surface area (Å²) in [6, 6.07) is 7.43. The molecular formula is C16H13F3N2O2. The van der Waals surface area contributed by atoms with Gasteiger partial charge in [-0.05, 0) is 30.3 Å². The van der Waals surface area contributed by atoms with Gasteiger partial charge in [0.2, 0.25) is 0 Å². The first kappa shape index (κ1) is 15.2. The SMILES string of the molecule is COc1ccc(-c2cn3cccc(C(F)(F)F)c3n2)cc1OC. The van der Waals surface area contributed by atoms with Gasteiger partial charge in [0.1, 0.15) is 5.65 Å². The van der Waals surface area contributed by atoms with Gasteiger partial charge in [0.05, 0.1) is 25.5 Å². The highest BCUT2D eigenvalue weighted by molar-refractivity contribution is 5.67. The first-order valence-electron chi connectivity index (χ1n) is 6.71. The van der Waals surface area contributed by atoms with E-state index in [0.717, 1.165) is 6.07 Å². The van der Waals surface area contributed by atoms with Gasteiger partial charge >= 0.3 is 6.18 Å². The molecule has 0 bridgehead atoms. The van der Waals surface area contributed by atoms with Crippen LogP contribution in [-0.4, -0.2) is 23.6 Å². The summed E-state index contributed by atoms with van der Waals surface area (Å²) in [5.41, 5.74) is 0.152. The minimum Gasteiger partial charge on any atom is -0.493 e. The Balaban J connectivity index is 2.15. The molecule has 0 spiro atoms. The van der Waals surface area contributed by atoms with E-state index in [1.165, 1.54) is 30.9 Å². The van der Waals surface area contributed by atoms with E-state index in [2.05, 4.69) is 4.98 Å². The summed E-state index contributed by atoms with van der Waals surface area (Å²) in [5, 5.41) is 0. The molecule has 0 aliphatic carbocycles. The number of fused-ring (bicyclic) bond motifs is 1. The number of pyridine rings is 1. The maximum absolute atomic E-state index is 13.1. The zero-order valence-electron chi connectivity index (χ0n) is 12.4. The Bertz CT molecular complexity index is 856. The summed E-state index contributed by atoms with van der Waals surface area (Å²) < 4.78 is 50.9. The van der Waals surface area contributed by atoms with Gasteiger partial charge in [-0.1, -0.05) is 0 Å². The summed E-state index contributed by atoms with van der Waals surface area (Å²) in [5.74, 6) is 1.02. The molecule has 0 aliphatic heterocycles. The van der Waals surface area contributed by atoms with E-state index < -0.39 is 11.7 Å². The van der Waals surface area contributed by atoms with Crippen LogP contribution in [0.5, 0.6) is 11.5 Å². The van der Waals surface area contributed by atoms with Crippen LogP contribution in [0.15, 0.2) is 42.7 Å². The van der Waals surface area contributed by atoms with Crippen LogP contribution in [0.4, 0.5) is 13.2 Å². The van der Waals surface area contributed by atoms with Crippen molar-refractivity contribution in [3.63, 3.8) is 0 Å². The number of benzene rings is 1. The van der Waals surface area contributed by atoms with E-state index in [1.54, 1.807) is 24.4 Å². The van der Waals surface area contributed by atoms with Crippen LogP contribution in [0.25, 0.3) is 16.9 Å². The molecule has 120 valence electrons. The molecular weight excluding hydrogens is 309 g/mol. The van der Waals surface area contributed by atoms with Crippen LogP contribution < -0.4 is 9.47 Å². The molecule has 0 aliphatic rings. The molecule has 7 heteroatoms. The number of halogens is 3. The number of aromatic nitrogens is 2. The van der Waals surface area contributed by atoms with E-state index in [0.29, 0.717) is 22.8 Å². The van der Waals surface area contributed by atoms with Gasteiger partial charge in [0.25, 0.3) is 0 Å². The molecule has 0 N–H and O–H groups in total. The Morgan fingerprint density at radius 1 is 1.04 bits per heavy atom. The van der Waals surface area contributed by atoms with Crippen molar-refractivity contribution in [2.75, 3.05) is 14.2 Å². The minimum absolute atomic E-state index is 0.134. The van der Waals surface area contributed by atoms with Gasteiger partial charge in [-0.25, -0.2) is 4.98 Å². The summed E-state index contributed by atoms with van der Waals surface area (Å²) in [6.07, 6.45) is -1.38. The zero-order chi connectivity index (χ0) is 16.6. The molecule has 4 nitrogen and oxygen atoms in total. The third kappa shape index (κ3) is 2.69. The number of hydrogen-bond acceptors (Lipinski definition) is 3. The highest BCUT2D eigenvalue weighted by atomic mass is 19.4. The van der Waals surface area contributed by atoms with Gasteiger partial charge in [-0.3, -0.25) is 0 Å². The molecule has 0 saturated heterocycles. The fraction of sp³-hybridized carbons (Fsp3) is 0.188. The lowest BCUT2D eigenvalue weighted by molar-refractivity contribution is -0.136. The maximum Gasteiger partial charge on any atom is 0.419 e. The fourth-order valence-electron chi connectivity index (χ4n) is 2.37. The first-order valence-corrected chi connectivity index (χ1v) is 6.71. The smallest absolute Gasteiger partial charge is 0.419 e. The molecule has 0 unspecified atom stereocenters. The number of nitrogens with zero attached hydrogens (tertiary/aromatic N) is 2. The summed E-state index contributed by atoms with van der Waals surface area (Å²) in [7, 11) is 3.01. The molecule has 23 heavy (non-hydrogen) atoms. The molecule has 0 radical (unpaired) electrons. The van der Waals surface area contributed by atoms with Crippen molar-refractivity contribution in [1.82, 2.24) is 9.38 Å². The predicted molar refractivity (Wildman–Crippen MR) is 78.7 cm³/mol. The van der Waals surface area contributed by atoms with Gasteiger partial charge in [0, 0.05) is 18.0 Å². The van der Waals surface area contributed by atoms with Crippen LogP contribution in [0, 0.1) is 0 Å². The Labute approximate surface area is 130 Å². The number of alkyl halides is 3. The molecule has 3 aromatic rings. The van der Waals surface area contributed by atoms with Crippen molar-refractivity contribution in [2.45, 2.75) is 6.18 Å². The van der Waals surface area contributed by atoms with Crippen molar-refractivity contribution >= 4 is 5.65 Å². The second-order valence-corrected chi connectivity index (χ2v) is 4.85. The van der Waals surface area contributed by atoms with Crippen LogP contribution >= 0.6 is 0 Å². The van der Waals surface area contributed by atoms with Gasteiger partial charge in [-0.15, -0.1) is 0 Å². The normalized spacial score (nSPS) is 11.7. The monoisotopic (exact) mass is 322 g/mol. The van der Waals surface area contributed by atoms with Crippen molar-refractivity contribution in [3.05, 3.63) is 48.3 Å². The molecule has 0 amide bonds. The molecule has 2 aromatic heterocycles. The van der Waals surface area contributed by atoms with Crippen LogP contribution in [0.3, 0.4) is 0 Å². The first-order chi connectivity index (χ1) is 10.9. The largest absolute Gasteiger partial charge is 0.493 e. The van der Waals surface area contributed by atoms with Crippen molar-refractivity contribution in [2.24, 2.45) is 0 Å². The second kappa shape index (κ2) is 5.49. The topological polar surface area (TPSA) is 35.8 Å². The average Bonchev–Trinajstić information content (AvgIpc) is 2.97. The van der Waals surface area contributed by atoms with E-state index in [1.807, 2.05) is 0 Å². The third-order valence-corrected chi connectivity index (χ3v) is 3.47. The average molecular weight is 322 g/mol. The maximum atomic E-state index is 13.1. The molecule has 3 rings (SSSR count). The van der Waals surface area contributed by atoms with Crippen molar-refractivity contribution in [1.29, 1.82) is 0 Å². The molecule has 2 heterocycles. The van der Waals surface area contributed by atoms with E-state index in [9.17, 15) is 13.2 Å².